The summed E-state index contributed by atoms with van der Waals surface area (Å²) >= 11 is 0. The Kier molecular flexibility index (Phi) is 8.71. The van der Waals surface area contributed by atoms with E-state index in [-0.39, 0.29) is 17.9 Å². The van der Waals surface area contributed by atoms with Crippen LogP contribution < -0.4 is 9.64 Å². The van der Waals surface area contributed by atoms with Crippen molar-refractivity contribution in [3.05, 3.63) is 66.0 Å². The van der Waals surface area contributed by atoms with E-state index in [0.717, 1.165) is 80.5 Å². The SMILES string of the molecule is COc1ccc([C@H]2CC[C@H](CN(c3cccc(-c4cnn(C5CC5)c4)c3)C(=O)[C@H]3CC[C@H](C(C)O)CC3)CC2)cc1C. The van der Waals surface area contributed by atoms with E-state index in [1.54, 1.807) is 7.11 Å². The fourth-order valence-electron chi connectivity index (χ4n) is 7.36. The van der Waals surface area contributed by atoms with Crippen molar-refractivity contribution in [3.63, 3.8) is 0 Å². The summed E-state index contributed by atoms with van der Waals surface area (Å²) in [6, 6.07) is 15.7. The van der Waals surface area contributed by atoms with E-state index in [1.165, 1.54) is 24.0 Å². The molecule has 1 amide bonds. The normalized spacial score (nSPS) is 25.1. The number of anilines is 1. The van der Waals surface area contributed by atoms with Crippen molar-refractivity contribution >= 4 is 11.6 Å². The van der Waals surface area contributed by atoms with E-state index in [0.29, 0.717) is 23.8 Å². The van der Waals surface area contributed by atoms with Crippen LogP contribution in [0.15, 0.2) is 54.9 Å². The average molecular weight is 570 g/mol. The van der Waals surface area contributed by atoms with Crippen LogP contribution in [0.3, 0.4) is 0 Å². The molecule has 3 aromatic rings. The van der Waals surface area contributed by atoms with Crippen LogP contribution in [0.4, 0.5) is 5.69 Å². The van der Waals surface area contributed by atoms with Gasteiger partial charge in [-0.05, 0) is 131 Å². The minimum Gasteiger partial charge on any atom is -0.496 e. The molecule has 1 N–H and O–H groups in total. The van der Waals surface area contributed by atoms with Crippen LogP contribution in [0.1, 0.15) is 94.2 Å². The number of aliphatic hydroxyl groups is 1. The number of aromatic nitrogens is 2. The van der Waals surface area contributed by atoms with Crippen molar-refractivity contribution in [2.75, 3.05) is 18.6 Å². The van der Waals surface area contributed by atoms with Crippen molar-refractivity contribution in [1.82, 2.24) is 9.78 Å². The monoisotopic (exact) mass is 569 g/mol. The Bertz CT molecular complexity index is 1360. The van der Waals surface area contributed by atoms with Crippen LogP contribution in [0.5, 0.6) is 5.75 Å². The summed E-state index contributed by atoms with van der Waals surface area (Å²) in [7, 11) is 1.73. The van der Waals surface area contributed by atoms with Crippen molar-refractivity contribution in [2.45, 2.75) is 96.1 Å². The predicted molar refractivity (Wildman–Crippen MR) is 168 cm³/mol. The van der Waals surface area contributed by atoms with Gasteiger partial charge in [0.1, 0.15) is 5.75 Å². The van der Waals surface area contributed by atoms with Crippen LogP contribution >= 0.6 is 0 Å². The van der Waals surface area contributed by atoms with E-state index in [4.69, 9.17) is 4.74 Å². The Labute approximate surface area is 251 Å². The zero-order chi connectivity index (χ0) is 29.2. The van der Waals surface area contributed by atoms with Gasteiger partial charge in [-0.2, -0.15) is 5.10 Å². The van der Waals surface area contributed by atoms with Gasteiger partial charge in [-0.15, -0.1) is 0 Å². The van der Waals surface area contributed by atoms with E-state index < -0.39 is 0 Å². The molecule has 3 saturated carbocycles. The molecule has 3 aliphatic rings. The van der Waals surface area contributed by atoms with Gasteiger partial charge in [0.2, 0.25) is 5.91 Å². The molecule has 1 heterocycles. The molecule has 1 aromatic heterocycles. The number of hydrogen-bond acceptors (Lipinski definition) is 4. The molecule has 6 heteroatoms. The standard InChI is InChI=1S/C36H47N3O3/c1-24-19-31(15-18-35(24)42-3)28-9-7-26(8-10-28)22-38(36(41)29-13-11-27(12-14-29)25(2)40)34-6-4-5-30(20-34)32-21-37-39(23-32)33-16-17-33/h4-6,15,18-21,23,25-29,33,40H,7-14,16-17,22H2,1-3H3/t25?,26-,27-,28-,29-. The van der Waals surface area contributed by atoms with Crippen LogP contribution in [0.25, 0.3) is 11.1 Å². The van der Waals surface area contributed by atoms with Crippen molar-refractivity contribution in [2.24, 2.45) is 17.8 Å². The molecule has 0 saturated heterocycles. The molecule has 6 nitrogen and oxygen atoms in total. The molecule has 224 valence electrons. The van der Waals surface area contributed by atoms with Crippen LogP contribution in [0.2, 0.25) is 0 Å². The zero-order valence-corrected chi connectivity index (χ0v) is 25.5. The topological polar surface area (TPSA) is 67.6 Å². The lowest BCUT2D eigenvalue weighted by atomic mass is 9.77. The number of aryl methyl sites for hydroxylation is 1. The third kappa shape index (κ3) is 6.44. The summed E-state index contributed by atoms with van der Waals surface area (Å²) in [5.41, 5.74) is 5.84. The molecule has 1 atom stereocenters. The zero-order valence-electron chi connectivity index (χ0n) is 25.5. The number of methoxy groups -OCH3 is 1. The summed E-state index contributed by atoms with van der Waals surface area (Å²) in [5.74, 6) is 2.60. The van der Waals surface area contributed by atoms with Crippen LogP contribution in [0, 0.1) is 24.7 Å². The Morgan fingerprint density at radius 3 is 2.43 bits per heavy atom. The van der Waals surface area contributed by atoms with Gasteiger partial charge in [-0.1, -0.05) is 24.3 Å². The van der Waals surface area contributed by atoms with Gasteiger partial charge in [-0.3, -0.25) is 9.48 Å². The molecule has 1 unspecified atom stereocenters. The number of benzene rings is 2. The smallest absolute Gasteiger partial charge is 0.230 e. The molecule has 0 spiro atoms. The van der Waals surface area contributed by atoms with E-state index in [1.807, 2.05) is 13.1 Å². The second-order valence-corrected chi connectivity index (χ2v) is 13.2. The number of ether oxygens (including phenoxy) is 1. The van der Waals surface area contributed by atoms with E-state index in [9.17, 15) is 9.90 Å². The number of rotatable bonds is 9. The Morgan fingerprint density at radius 2 is 1.76 bits per heavy atom. The predicted octanol–water partition coefficient (Wildman–Crippen LogP) is 7.70. The van der Waals surface area contributed by atoms with E-state index >= 15 is 0 Å². The highest BCUT2D eigenvalue weighted by Gasteiger charge is 2.34. The number of aliphatic hydroxyl groups excluding tert-OH is 1. The van der Waals surface area contributed by atoms with Gasteiger partial charge in [0, 0.05) is 29.9 Å². The summed E-state index contributed by atoms with van der Waals surface area (Å²) in [4.78, 5) is 16.3. The lowest BCUT2D eigenvalue weighted by Gasteiger charge is -2.36. The molecular formula is C36H47N3O3. The van der Waals surface area contributed by atoms with Crippen molar-refractivity contribution in [3.8, 4) is 16.9 Å². The maximum absolute atomic E-state index is 14.2. The number of hydrogen-bond donors (Lipinski definition) is 1. The first-order chi connectivity index (χ1) is 20.4. The molecular weight excluding hydrogens is 522 g/mol. The summed E-state index contributed by atoms with van der Waals surface area (Å²) in [6.07, 6.45) is 14.4. The highest BCUT2D eigenvalue weighted by Crippen LogP contribution is 2.40. The lowest BCUT2D eigenvalue weighted by Crippen LogP contribution is -2.42. The highest BCUT2D eigenvalue weighted by atomic mass is 16.5. The number of amides is 1. The van der Waals surface area contributed by atoms with Crippen molar-refractivity contribution < 1.29 is 14.6 Å². The van der Waals surface area contributed by atoms with Gasteiger partial charge >= 0.3 is 0 Å². The molecule has 3 fully saturated rings. The number of nitrogens with zero attached hydrogens (tertiary/aromatic N) is 3. The first-order valence-corrected chi connectivity index (χ1v) is 16.2. The van der Waals surface area contributed by atoms with Crippen LogP contribution in [-0.4, -0.2) is 40.6 Å². The molecule has 3 aliphatic carbocycles. The minimum absolute atomic E-state index is 0.0277. The van der Waals surface area contributed by atoms with Gasteiger partial charge in [0.05, 0.1) is 25.5 Å². The first kappa shape index (κ1) is 29.0. The number of carbonyl (C=O) groups excluding carboxylic acids is 1. The molecule has 0 radical (unpaired) electrons. The van der Waals surface area contributed by atoms with Gasteiger partial charge in [0.15, 0.2) is 0 Å². The fourth-order valence-corrected chi connectivity index (χ4v) is 7.36. The van der Waals surface area contributed by atoms with Crippen LogP contribution in [-0.2, 0) is 4.79 Å². The maximum atomic E-state index is 14.2. The Morgan fingerprint density at radius 1 is 1.00 bits per heavy atom. The lowest BCUT2D eigenvalue weighted by molar-refractivity contribution is -0.124. The molecule has 0 bridgehead atoms. The van der Waals surface area contributed by atoms with Crippen molar-refractivity contribution in [1.29, 1.82) is 0 Å². The van der Waals surface area contributed by atoms with E-state index in [2.05, 4.69) is 70.3 Å². The molecule has 2 aromatic carbocycles. The van der Waals surface area contributed by atoms with Gasteiger partial charge in [-0.25, -0.2) is 0 Å². The maximum Gasteiger partial charge on any atom is 0.230 e. The Balaban J connectivity index is 1.19. The van der Waals surface area contributed by atoms with Gasteiger partial charge in [0.25, 0.3) is 0 Å². The second-order valence-electron chi connectivity index (χ2n) is 13.2. The molecule has 42 heavy (non-hydrogen) atoms. The third-order valence-electron chi connectivity index (χ3n) is 10.3. The quantitative estimate of drug-likeness (QED) is 0.287. The second kappa shape index (κ2) is 12.6. The largest absolute Gasteiger partial charge is 0.496 e. The highest BCUT2D eigenvalue weighted by molar-refractivity contribution is 5.95. The average Bonchev–Trinajstić information content (AvgIpc) is 3.75. The number of carbonyl (C=O) groups is 1. The summed E-state index contributed by atoms with van der Waals surface area (Å²) in [5, 5.41) is 14.7. The summed E-state index contributed by atoms with van der Waals surface area (Å²) < 4.78 is 7.57. The first-order valence-electron chi connectivity index (χ1n) is 16.2. The minimum atomic E-state index is -0.296. The molecule has 0 aliphatic heterocycles. The fraction of sp³-hybridized carbons (Fsp3) is 0.556. The van der Waals surface area contributed by atoms with Gasteiger partial charge < -0.3 is 14.7 Å². The molecule has 6 rings (SSSR count). The Hall–Kier alpha value is -3.12. The summed E-state index contributed by atoms with van der Waals surface area (Å²) in [6.45, 7) is 4.78. The third-order valence-corrected chi connectivity index (χ3v) is 10.3.